The van der Waals surface area contributed by atoms with E-state index in [9.17, 15) is 23.1 Å². The predicted octanol–water partition coefficient (Wildman–Crippen LogP) is 4.77. The molecular weight excluding hydrogens is 445 g/mol. The topological polar surface area (TPSA) is 95.5 Å². The van der Waals surface area contributed by atoms with Crippen molar-refractivity contribution in [1.82, 2.24) is 10.3 Å². The summed E-state index contributed by atoms with van der Waals surface area (Å²) in [6, 6.07) is 12.7. The first-order valence-corrected chi connectivity index (χ1v) is 9.51. The molecule has 11 heteroatoms. The van der Waals surface area contributed by atoms with Gasteiger partial charge in [0.05, 0.1) is 5.56 Å². The SMILES string of the molecule is CNC(=O)c1cc(Oc2ccc(NC(=S)Nc3ccc(O)c(C(F)(F)F)c3)cc2)ccn1. The van der Waals surface area contributed by atoms with Crippen molar-refractivity contribution < 1.29 is 27.8 Å². The lowest BCUT2D eigenvalue weighted by Crippen LogP contribution is -2.19. The number of ether oxygens (including phenoxy) is 1. The van der Waals surface area contributed by atoms with Crippen LogP contribution in [-0.2, 0) is 6.18 Å². The van der Waals surface area contributed by atoms with Crippen LogP contribution in [0.2, 0.25) is 0 Å². The molecule has 0 saturated carbocycles. The van der Waals surface area contributed by atoms with Crippen LogP contribution in [0.15, 0.2) is 60.8 Å². The molecular formula is C21H17F3N4O3S. The lowest BCUT2D eigenvalue weighted by Gasteiger charge is -2.14. The zero-order valence-corrected chi connectivity index (χ0v) is 17.3. The molecule has 0 aliphatic carbocycles. The lowest BCUT2D eigenvalue weighted by atomic mass is 10.1. The molecule has 0 spiro atoms. The van der Waals surface area contributed by atoms with Crippen LogP contribution >= 0.6 is 12.2 Å². The van der Waals surface area contributed by atoms with Gasteiger partial charge in [-0.25, -0.2) is 0 Å². The number of carbonyl (C=O) groups is 1. The fourth-order valence-electron chi connectivity index (χ4n) is 2.60. The highest BCUT2D eigenvalue weighted by molar-refractivity contribution is 7.80. The predicted molar refractivity (Wildman–Crippen MR) is 117 cm³/mol. The Balaban J connectivity index is 1.62. The molecule has 0 fully saturated rings. The number of halogens is 3. The van der Waals surface area contributed by atoms with Gasteiger partial charge in [0.1, 0.15) is 22.9 Å². The molecule has 0 saturated heterocycles. The third-order valence-corrected chi connectivity index (χ3v) is 4.30. The standard InChI is InChI=1S/C21H17F3N4O3S/c1-25-19(30)17-11-15(8-9-26-17)31-14-5-2-12(3-6-14)27-20(32)28-13-4-7-18(29)16(10-13)21(22,23)24/h2-11,29H,1H3,(H,25,30)(H2,27,28,32). The summed E-state index contributed by atoms with van der Waals surface area (Å²) in [5.41, 5.74) is -0.326. The highest BCUT2D eigenvalue weighted by Crippen LogP contribution is 2.37. The number of pyridine rings is 1. The van der Waals surface area contributed by atoms with E-state index in [4.69, 9.17) is 17.0 Å². The molecule has 2 aromatic carbocycles. The van der Waals surface area contributed by atoms with Crippen molar-refractivity contribution in [3.05, 3.63) is 72.1 Å². The summed E-state index contributed by atoms with van der Waals surface area (Å²) in [6.45, 7) is 0. The number of thiocarbonyl (C=S) groups is 1. The Kier molecular flexibility index (Phi) is 6.79. The lowest BCUT2D eigenvalue weighted by molar-refractivity contribution is -0.138. The summed E-state index contributed by atoms with van der Waals surface area (Å²) in [5.74, 6) is -0.303. The zero-order valence-electron chi connectivity index (χ0n) is 16.5. The molecule has 3 aromatic rings. The number of rotatable bonds is 5. The summed E-state index contributed by atoms with van der Waals surface area (Å²) in [6.07, 6.45) is -3.24. The highest BCUT2D eigenvalue weighted by atomic mass is 32.1. The van der Waals surface area contributed by atoms with Gasteiger partial charge in [-0.05, 0) is 60.7 Å². The summed E-state index contributed by atoms with van der Waals surface area (Å²) in [7, 11) is 1.50. The minimum atomic E-state index is -4.69. The monoisotopic (exact) mass is 462 g/mol. The second-order valence-corrected chi connectivity index (χ2v) is 6.80. The molecule has 0 aliphatic rings. The molecule has 1 heterocycles. The first-order valence-electron chi connectivity index (χ1n) is 9.10. The molecule has 0 atom stereocenters. The van der Waals surface area contributed by atoms with E-state index in [1.54, 1.807) is 30.3 Å². The maximum absolute atomic E-state index is 12.9. The number of carbonyl (C=O) groups excluding carboxylic acids is 1. The molecule has 0 bridgehead atoms. The number of benzene rings is 2. The number of nitrogens with one attached hydrogen (secondary N) is 3. The van der Waals surface area contributed by atoms with Gasteiger partial charge in [-0.3, -0.25) is 9.78 Å². The first-order chi connectivity index (χ1) is 15.2. The second kappa shape index (κ2) is 9.52. The van der Waals surface area contributed by atoms with Crippen molar-refractivity contribution in [3.63, 3.8) is 0 Å². The summed E-state index contributed by atoms with van der Waals surface area (Å²) < 4.78 is 44.4. The van der Waals surface area contributed by atoms with Crippen LogP contribution in [0.4, 0.5) is 24.5 Å². The fourth-order valence-corrected chi connectivity index (χ4v) is 2.84. The van der Waals surface area contributed by atoms with Crippen LogP contribution in [0.1, 0.15) is 16.1 Å². The normalized spacial score (nSPS) is 10.9. The van der Waals surface area contributed by atoms with E-state index in [1.807, 2.05) is 0 Å². The number of aromatic hydroxyl groups is 1. The van der Waals surface area contributed by atoms with Crippen molar-refractivity contribution in [3.8, 4) is 17.2 Å². The van der Waals surface area contributed by atoms with Crippen LogP contribution in [0.3, 0.4) is 0 Å². The van der Waals surface area contributed by atoms with Crippen LogP contribution in [0.25, 0.3) is 0 Å². The van der Waals surface area contributed by atoms with Gasteiger partial charge in [0.15, 0.2) is 5.11 Å². The molecule has 7 nitrogen and oxygen atoms in total. The largest absolute Gasteiger partial charge is 0.507 e. The fraction of sp³-hybridized carbons (Fsp3) is 0.0952. The van der Waals surface area contributed by atoms with E-state index >= 15 is 0 Å². The van der Waals surface area contributed by atoms with Crippen molar-refractivity contribution in [2.45, 2.75) is 6.18 Å². The van der Waals surface area contributed by atoms with Crippen LogP contribution < -0.4 is 20.7 Å². The van der Waals surface area contributed by atoms with Crippen molar-refractivity contribution in [2.75, 3.05) is 17.7 Å². The Morgan fingerprint density at radius 2 is 1.66 bits per heavy atom. The van der Waals surface area contributed by atoms with E-state index in [0.29, 0.717) is 17.2 Å². The van der Waals surface area contributed by atoms with Crippen molar-refractivity contribution >= 4 is 34.6 Å². The van der Waals surface area contributed by atoms with Gasteiger partial charge in [-0.2, -0.15) is 13.2 Å². The number of hydrogen-bond acceptors (Lipinski definition) is 5. The third kappa shape index (κ3) is 5.85. The maximum Gasteiger partial charge on any atom is 0.420 e. The third-order valence-electron chi connectivity index (χ3n) is 4.10. The molecule has 166 valence electrons. The van der Waals surface area contributed by atoms with Crippen molar-refractivity contribution in [2.24, 2.45) is 0 Å². The number of phenolic OH excluding ortho intramolecular Hbond substituents is 1. The number of nitrogens with zero attached hydrogens (tertiary/aromatic N) is 1. The number of anilines is 2. The molecule has 32 heavy (non-hydrogen) atoms. The smallest absolute Gasteiger partial charge is 0.420 e. The second-order valence-electron chi connectivity index (χ2n) is 6.39. The molecule has 1 amide bonds. The Bertz CT molecular complexity index is 1140. The minimum Gasteiger partial charge on any atom is -0.507 e. The number of aromatic nitrogens is 1. The Hall–Kier alpha value is -3.86. The summed E-state index contributed by atoms with van der Waals surface area (Å²) in [5, 5.41) is 17.4. The Morgan fingerprint density at radius 1 is 1.00 bits per heavy atom. The van der Waals surface area contributed by atoms with Gasteiger partial charge >= 0.3 is 6.18 Å². The first kappa shape index (κ1) is 22.8. The van der Waals surface area contributed by atoms with E-state index in [2.05, 4.69) is 20.9 Å². The molecule has 0 radical (unpaired) electrons. The van der Waals surface area contributed by atoms with E-state index in [1.165, 1.54) is 25.4 Å². The number of alkyl halides is 3. The molecule has 1 aromatic heterocycles. The minimum absolute atomic E-state index is 0.0573. The Morgan fingerprint density at radius 3 is 2.31 bits per heavy atom. The molecule has 0 unspecified atom stereocenters. The van der Waals surface area contributed by atoms with Gasteiger partial charge in [0.2, 0.25) is 0 Å². The molecule has 4 N–H and O–H groups in total. The summed E-state index contributed by atoms with van der Waals surface area (Å²) in [4.78, 5) is 15.6. The van der Waals surface area contributed by atoms with Gasteiger partial charge in [0.25, 0.3) is 5.91 Å². The van der Waals surface area contributed by atoms with Crippen LogP contribution in [-0.4, -0.2) is 28.2 Å². The zero-order chi connectivity index (χ0) is 23.3. The van der Waals surface area contributed by atoms with E-state index in [-0.39, 0.29) is 22.4 Å². The van der Waals surface area contributed by atoms with Gasteiger partial charge < -0.3 is 25.8 Å². The van der Waals surface area contributed by atoms with Gasteiger partial charge in [-0.1, -0.05) is 0 Å². The quantitative estimate of drug-likeness (QED) is 0.321. The van der Waals surface area contributed by atoms with Crippen LogP contribution in [0, 0.1) is 0 Å². The average Bonchev–Trinajstić information content (AvgIpc) is 2.75. The van der Waals surface area contributed by atoms with Crippen molar-refractivity contribution in [1.29, 1.82) is 0 Å². The number of amides is 1. The Labute approximate surface area is 186 Å². The van der Waals surface area contributed by atoms with Gasteiger partial charge in [0, 0.05) is 30.7 Å². The molecule has 3 rings (SSSR count). The van der Waals surface area contributed by atoms with E-state index < -0.39 is 17.5 Å². The van der Waals surface area contributed by atoms with E-state index in [0.717, 1.165) is 12.1 Å². The number of phenols is 1. The average molecular weight is 462 g/mol. The highest BCUT2D eigenvalue weighted by Gasteiger charge is 2.34. The van der Waals surface area contributed by atoms with Crippen LogP contribution in [0.5, 0.6) is 17.2 Å². The van der Waals surface area contributed by atoms with Gasteiger partial charge in [-0.15, -0.1) is 0 Å². The maximum atomic E-state index is 12.9. The number of hydrogen-bond donors (Lipinski definition) is 4. The summed E-state index contributed by atoms with van der Waals surface area (Å²) >= 11 is 5.13. The molecule has 0 aliphatic heterocycles.